The van der Waals surface area contributed by atoms with Crippen molar-refractivity contribution in [1.82, 2.24) is 15.5 Å². The number of halogens is 1. The second-order valence-corrected chi connectivity index (χ2v) is 4.45. The van der Waals surface area contributed by atoms with E-state index in [-0.39, 0.29) is 36.8 Å². The number of carbonyl (C=O) groups is 2. The van der Waals surface area contributed by atoms with E-state index in [0.29, 0.717) is 26.3 Å². The van der Waals surface area contributed by atoms with Crippen molar-refractivity contribution in [2.75, 3.05) is 39.4 Å². The standard InChI is InChI=1S/C11H19N3O3.ClH/c15-10(13-9-1-5-17-6-2-9)8-14-4-3-12-7-11(14)16;/h9,12H,1-8H2,(H,13,15);1H. The van der Waals surface area contributed by atoms with Crippen molar-refractivity contribution in [3.8, 4) is 0 Å². The molecule has 7 heteroatoms. The molecule has 2 rings (SSSR count). The second-order valence-electron chi connectivity index (χ2n) is 4.45. The predicted molar refractivity (Wildman–Crippen MR) is 68.7 cm³/mol. The van der Waals surface area contributed by atoms with Crippen LogP contribution >= 0.6 is 12.4 Å². The summed E-state index contributed by atoms with van der Waals surface area (Å²) in [6.07, 6.45) is 1.72. The van der Waals surface area contributed by atoms with Gasteiger partial charge in [0.05, 0.1) is 13.1 Å². The third-order valence-electron chi connectivity index (χ3n) is 3.11. The Kier molecular flexibility index (Phi) is 6.38. The van der Waals surface area contributed by atoms with E-state index in [9.17, 15) is 9.59 Å². The molecule has 2 aliphatic rings. The molecule has 0 aromatic heterocycles. The van der Waals surface area contributed by atoms with Gasteiger partial charge in [-0.15, -0.1) is 12.4 Å². The topological polar surface area (TPSA) is 70.7 Å². The molecule has 0 aromatic rings. The summed E-state index contributed by atoms with van der Waals surface area (Å²) < 4.78 is 5.22. The maximum Gasteiger partial charge on any atom is 0.239 e. The quantitative estimate of drug-likeness (QED) is 0.704. The first-order chi connectivity index (χ1) is 8.25. The zero-order chi connectivity index (χ0) is 12.1. The smallest absolute Gasteiger partial charge is 0.239 e. The van der Waals surface area contributed by atoms with Crippen molar-refractivity contribution in [1.29, 1.82) is 0 Å². The molecular formula is C11H20ClN3O3. The average Bonchev–Trinajstić information content (AvgIpc) is 2.33. The summed E-state index contributed by atoms with van der Waals surface area (Å²) in [5, 5.41) is 5.93. The molecule has 0 saturated carbocycles. The van der Waals surface area contributed by atoms with E-state index in [1.165, 1.54) is 0 Å². The molecule has 18 heavy (non-hydrogen) atoms. The van der Waals surface area contributed by atoms with Crippen LogP contribution < -0.4 is 10.6 Å². The number of ether oxygens (including phenoxy) is 1. The Labute approximate surface area is 113 Å². The van der Waals surface area contributed by atoms with Gasteiger partial charge in [0, 0.05) is 32.3 Å². The van der Waals surface area contributed by atoms with Gasteiger partial charge in [-0.25, -0.2) is 0 Å². The molecule has 0 atom stereocenters. The normalized spacial score (nSPS) is 21.3. The molecule has 0 unspecified atom stereocenters. The van der Waals surface area contributed by atoms with Gasteiger partial charge in [0.15, 0.2) is 0 Å². The SMILES string of the molecule is Cl.O=C(CN1CCNCC1=O)NC1CCOCC1. The molecular weight excluding hydrogens is 258 g/mol. The minimum absolute atomic E-state index is 0. The lowest BCUT2D eigenvalue weighted by atomic mass is 10.1. The van der Waals surface area contributed by atoms with Gasteiger partial charge in [-0.05, 0) is 12.8 Å². The number of amides is 2. The average molecular weight is 278 g/mol. The highest BCUT2D eigenvalue weighted by molar-refractivity contribution is 5.86. The highest BCUT2D eigenvalue weighted by Gasteiger charge is 2.22. The molecule has 2 N–H and O–H groups in total. The monoisotopic (exact) mass is 277 g/mol. The lowest BCUT2D eigenvalue weighted by molar-refractivity contribution is -0.137. The maximum absolute atomic E-state index is 11.8. The fraction of sp³-hybridized carbons (Fsp3) is 0.818. The van der Waals surface area contributed by atoms with Crippen LogP contribution in [-0.4, -0.2) is 62.1 Å². The Morgan fingerprint density at radius 2 is 2.17 bits per heavy atom. The van der Waals surface area contributed by atoms with Crippen molar-refractivity contribution in [2.45, 2.75) is 18.9 Å². The first-order valence-corrected chi connectivity index (χ1v) is 6.11. The summed E-state index contributed by atoms with van der Waals surface area (Å²) in [7, 11) is 0. The Balaban J connectivity index is 0.00000162. The fourth-order valence-electron chi connectivity index (χ4n) is 2.10. The van der Waals surface area contributed by atoms with Crippen LogP contribution in [0.3, 0.4) is 0 Å². The van der Waals surface area contributed by atoms with E-state index in [4.69, 9.17) is 4.74 Å². The van der Waals surface area contributed by atoms with Crippen molar-refractivity contribution >= 4 is 24.2 Å². The van der Waals surface area contributed by atoms with E-state index >= 15 is 0 Å². The Morgan fingerprint density at radius 3 is 2.83 bits per heavy atom. The largest absolute Gasteiger partial charge is 0.381 e. The van der Waals surface area contributed by atoms with Gasteiger partial charge >= 0.3 is 0 Å². The van der Waals surface area contributed by atoms with Gasteiger partial charge in [-0.3, -0.25) is 9.59 Å². The van der Waals surface area contributed by atoms with Crippen molar-refractivity contribution < 1.29 is 14.3 Å². The van der Waals surface area contributed by atoms with Gasteiger partial charge < -0.3 is 20.3 Å². The first kappa shape index (κ1) is 15.2. The van der Waals surface area contributed by atoms with Crippen LogP contribution in [0.25, 0.3) is 0 Å². The van der Waals surface area contributed by atoms with Gasteiger partial charge in [-0.1, -0.05) is 0 Å². The van der Waals surface area contributed by atoms with E-state index < -0.39 is 0 Å². The Hall–Kier alpha value is -0.850. The number of hydrogen-bond acceptors (Lipinski definition) is 4. The summed E-state index contributed by atoms with van der Waals surface area (Å²) in [4.78, 5) is 24.8. The third-order valence-corrected chi connectivity index (χ3v) is 3.11. The molecule has 2 amide bonds. The van der Waals surface area contributed by atoms with Crippen LogP contribution in [0.15, 0.2) is 0 Å². The van der Waals surface area contributed by atoms with E-state index in [0.717, 1.165) is 19.4 Å². The number of rotatable bonds is 3. The minimum Gasteiger partial charge on any atom is -0.381 e. The maximum atomic E-state index is 11.8. The summed E-state index contributed by atoms with van der Waals surface area (Å²) in [6, 6.07) is 0.203. The van der Waals surface area contributed by atoms with E-state index in [1.54, 1.807) is 4.90 Å². The van der Waals surface area contributed by atoms with Gasteiger partial charge in [-0.2, -0.15) is 0 Å². The van der Waals surface area contributed by atoms with Crippen LogP contribution in [0.2, 0.25) is 0 Å². The van der Waals surface area contributed by atoms with Crippen LogP contribution in [0.1, 0.15) is 12.8 Å². The molecule has 0 bridgehead atoms. The van der Waals surface area contributed by atoms with Crippen LogP contribution in [0, 0.1) is 0 Å². The van der Waals surface area contributed by atoms with Crippen molar-refractivity contribution in [3.05, 3.63) is 0 Å². The third kappa shape index (κ3) is 4.44. The van der Waals surface area contributed by atoms with E-state index in [1.807, 2.05) is 0 Å². The lowest BCUT2D eigenvalue weighted by Crippen LogP contribution is -2.52. The number of piperazine rings is 1. The lowest BCUT2D eigenvalue weighted by Gasteiger charge is -2.28. The van der Waals surface area contributed by atoms with Crippen LogP contribution in [0.5, 0.6) is 0 Å². The zero-order valence-corrected chi connectivity index (χ0v) is 11.1. The first-order valence-electron chi connectivity index (χ1n) is 6.11. The number of carbonyl (C=O) groups excluding carboxylic acids is 2. The van der Waals surface area contributed by atoms with Gasteiger partial charge in [0.25, 0.3) is 0 Å². The molecule has 6 nitrogen and oxygen atoms in total. The van der Waals surface area contributed by atoms with Crippen LogP contribution in [0.4, 0.5) is 0 Å². The zero-order valence-electron chi connectivity index (χ0n) is 10.3. The molecule has 0 aromatic carbocycles. The number of hydrogen-bond donors (Lipinski definition) is 2. The minimum atomic E-state index is -0.0628. The fourth-order valence-corrected chi connectivity index (χ4v) is 2.10. The van der Waals surface area contributed by atoms with Crippen molar-refractivity contribution in [3.63, 3.8) is 0 Å². The summed E-state index contributed by atoms with van der Waals surface area (Å²) in [6.45, 7) is 3.30. The molecule has 2 heterocycles. The Morgan fingerprint density at radius 1 is 1.44 bits per heavy atom. The summed E-state index contributed by atoms with van der Waals surface area (Å²) >= 11 is 0. The highest BCUT2D eigenvalue weighted by atomic mass is 35.5. The molecule has 2 aliphatic heterocycles. The summed E-state index contributed by atoms with van der Waals surface area (Å²) in [5.41, 5.74) is 0. The number of nitrogens with zero attached hydrogens (tertiary/aromatic N) is 1. The second kappa shape index (κ2) is 7.56. The highest BCUT2D eigenvalue weighted by Crippen LogP contribution is 2.06. The van der Waals surface area contributed by atoms with E-state index in [2.05, 4.69) is 10.6 Å². The molecule has 104 valence electrons. The number of nitrogens with one attached hydrogen (secondary N) is 2. The Bertz CT molecular complexity index is 295. The molecule has 2 saturated heterocycles. The van der Waals surface area contributed by atoms with Gasteiger partial charge in [0.2, 0.25) is 11.8 Å². The molecule has 2 fully saturated rings. The summed E-state index contributed by atoms with van der Waals surface area (Å²) in [5.74, 6) is -0.0643. The predicted octanol–water partition coefficient (Wildman–Crippen LogP) is -0.865. The molecule has 0 aliphatic carbocycles. The molecule has 0 spiro atoms. The van der Waals surface area contributed by atoms with Crippen LogP contribution in [-0.2, 0) is 14.3 Å². The van der Waals surface area contributed by atoms with Gasteiger partial charge in [0.1, 0.15) is 0 Å². The molecule has 0 radical (unpaired) electrons. The van der Waals surface area contributed by atoms with Crippen molar-refractivity contribution in [2.24, 2.45) is 0 Å².